The molecule has 0 rings (SSSR count). The van der Waals surface area contributed by atoms with Crippen molar-refractivity contribution < 1.29 is 0 Å². The minimum atomic E-state index is 0. The minimum absolute atomic E-state index is 0. The van der Waals surface area contributed by atoms with Crippen molar-refractivity contribution in [3.8, 4) is 0 Å². The largest absolute Gasteiger partial charge is 2.00 e. The molecule has 0 unspecified atom stereocenters. The van der Waals surface area contributed by atoms with E-state index >= 15 is 0 Å². The molecular formula is C4H12Cl2Mg. The maximum atomic E-state index is 3.25. The average molecular weight is 155 g/mol. The fourth-order valence-corrected chi connectivity index (χ4v) is 0. The molecule has 0 bridgehead atoms. The van der Waals surface area contributed by atoms with E-state index in [2.05, 4.69) is 13.8 Å². The molecule has 0 aliphatic rings. The van der Waals surface area contributed by atoms with Crippen LogP contribution in [0.3, 0.4) is 0 Å². The van der Waals surface area contributed by atoms with Gasteiger partial charge in [0.15, 0.2) is 0 Å². The van der Waals surface area contributed by atoms with Crippen LogP contribution in [0.5, 0.6) is 0 Å². The van der Waals surface area contributed by atoms with Gasteiger partial charge in [0.1, 0.15) is 0 Å². The molecule has 0 N–H and O–H groups in total. The molecule has 0 saturated carbocycles. The molecule has 0 aliphatic heterocycles. The van der Waals surface area contributed by atoms with Crippen molar-refractivity contribution in [2.75, 3.05) is 0 Å². The monoisotopic (exact) mass is 154 g/mol. The van der Waals surface area contributed by atoms with Crippen LogP contribution in [0, 0.1) is 13.8 Å². The van der Waals surface area contributed by atoms with E-state index in [1.165, 1.54) is 0 Å². The van der Waals surface area contributed by atoms with Gasteiger partial charge in [-0.2, -0.15) is 13.8 Å². The minimum Gasteiger partial charge on any atom is -0.346 e. The first-order valence-corrected chi connectivity index (χ1v) is 1.41. The molecule has 0 fully saturated rings. The van der Waals surface area contributed by atoms with Gasteiger partial charge in [0.25, 0.3) is 0 Å². The van der Waals surface area contributed by atoms with Gasteiger partial charge in [-0.1, -0.05) is 0 Å². The van der Waals surface area contributed by atoms with Gasteiger partial charge in [0.2, 0.25) is 0 Å². The van der Waals surface area contributed by atoms with Crippen molar-refractivity contribution in [3.63, 3.8) is 0 Å². The third kappa shape index (κ3) is 116. The molecule has 0 amide bonds. The van der Waals surface area contributed by atoms with Crippen LogP contribution in [-0.4, -0.2) is 23.1 Å². The summed E-state index contributed by atoms with van der Waals surface area (Å²) >= 11 is 0. The molecule has 0 nitrogen and oxygen atoms in total. The van der Waals surface area contributed by atoms with E-state index in [0.717, 1.165) is 0 Å². The number of hydrogen-bond donors (Lipinski definition) is 0. The molecule has 0 aromatic heterocycles. The summed E-state index contributed by atoms with van der Waals surface area (Å²) in [5, 5.41) is 0. The van der Waals surface area contributed by atoms with E-state index in [0.29, 0.717) is 0 Å². The summed E-state index contributed by atoms with van der Waals surface area (Å²) < 4.78 is 0. The van der Waals surface area contributed by atoms with E-state index in [9.17, 15) is 0 Å². The molecule has 0 spiro atoms. The average Bonchev–Trinajstić information content (AvgIpc) is 1.50. The third-order valence-corrected chi connectivity index (χ3v) is 0. The van der Waals surface area contributed by atoms with Crippen molar-refractivity contribution in [1.29, 1.82) is 0 Å². The molecule has 44 valence electrons. The Labute approximate surface area is 75.4 Å². The van der Waals surface area contributed by atoms with Crippen LogP contribution in [0.2, 0.25) is 0 Å². The molecule has 0 heterocycles. The van der Waals surface area contributed by atoms with Crippen molar-refractivity contribution in [2.45, 2.75) is 13.8 Å². The maximum absolute atomic E-state index is 3.25. The summed E-state index contributed by atoms with van der Waals surface area (Å²) in [6.45, 7) is 10.0. The van der Waals surface area contributed by atoms with Crippen LogP contribution >= 0.6 is 24.8 Å². The Morgan fingerprint density at radius 3 is 0.714 bits per heavy atom. The maximum Gasteiger partial charge on any atom is 2.00 e. The Kier molecular flexibility index (Phi) is 938. The van der Waals surface area contributed by atoms with Gasteiger partial charge in [-0.3, -0.25) is 0 Å². The van der Waals surface area contributed by atoms with Crippen LogP contribution in [0.1, 0.15) is 13.8 Å². The molecule has 0 saturated heterocycles. The Hall–Kier alpha value is 1.35. The van der Waals surface area contributed by atoms with Crippen molar-refractivity contribution in [2.24, 2.45) is 0 Å². The molecular weight excluding hydrogens is 143 g/mol. The van der Waals surface area contributed by atoms with Crippen molar-refractivity contribution in [3.05, 3.63) is 13.8 Å². The zero-order valence-corrected chi connectivity index (χ0v) is 7.99. The Balaban J connectivity index is -0.00000000267. The summed E-state index contributed by atoms with van der Waals surface area (Å²) in [4.78, 5) is 0. The molecule has 7 heavy (non-hydrogen) atoms. The standard InChI is InChI=1S/2C2H5.2ClH.Mg/c2*1-2;;;/h2*1H2,2H3;2*1H;/q2*-1;;;+2. The van der Waals surface area contributed by atoms with Gasteiger partial charge in [0, 0.05) is 0 Å². The first kappa shape index (κ1) is 40.2. The smallest absolute Gasteiger partial charge is 0.346 e. The quantitative estimate of drug-likeness (QED) is 0.371. The molecule has 0 aliphatic carbocycles. The Bertz CT molecular complexity index is 9.65. The molecule has 0 atom stereocenters. The van der Waals surface area contributed by atoms with Crippen LogP contribution in [0.15, 0.2) is 0 Å². The van der Waals surface area contributed by atoms with Gasteiger partial charge in [-0.25, -0.2) is 0 Å². The molecule has 3 heteroatoms. The van der Waals surface area contributed by atoms with Crippen LogP contribution in [0.4, 0.5) is 0 Å². The number of halogens is 2. The summed E-state index contributed by atoms with van der Waals surface area (Å²) in [6, 6.07) is 0. The van der Waals surface area contributed by atoms with Crippen LogP contribution in [-0.2, 0) is 0 Å². The Morgan fingerprint density at radius 2 is 0.714 bits per heavy atom. The molecule has 0 aromatic carbocycles. The second kappa shape index (κ2) is 163. The van der Waals surface area contributed by atoms with Crippen LogP contribution < -0.4 is 0 Å². The predicted octanol–water partition coefficient (Wildman–Crippen LogP) is 2.14. The summed E-state index contributed by atoms with van der Waals surface area (Å²) in [5.74, 6) is 0. The van der Waals surface area contributed by atoms with E-state index in [-0.39, 0.29) is 47.9 Å². The normalized spacial score (nSPS) is 1.71. The van der Waals surface area contributed by atoms with Gasteiger partial charge in [0.05, 0.1) is 0 Å². The van der Waals surface area contributed by atoms with E-state index in [4.69, 9.17) is 0 Å². The van der Waals surface area contributed by atoms with Crippen molar-refractivity contribution in [1.82, 2.24) is 0 Å². The fourth-order valence-electron chi connectivity index (χ4n) is 0. The first-order chi connectivity index (χ1) is 2.00. The number of hydrogen-bond acceptors (Lipinski definition) is 0. The van der Waals surface area contributed by atoms with E-state index < -0.39 is 0 Å². The second-order valence-electron chi connectivity index (χ2n) is 0. The van der Waals surface area contributed by atoms with Gasteiger partial charge >= 0.3 is 23.1 Å². The van der Waals surface area contributed by atoms with E-state index in [1.807, 2.05) is 0 Å². The van der Waals surface area contributed by atoms with Crippen LogP contribution in [0.25, 0.3) is 0 Å². The van der Waals surface area contributed by atoms with E-state index in [1.54, 1.807) is 13.8 Å². The van der Waals surface area contributed by atoms with Gasteiger partial charge < -0.3 is 13.8 Å². The first-order valence-electron chi connectivity index (χ1n) is 1.41. The zero-order valence-electron chi connectivity index (χ0n) is 4.94. The van der Waals surface area contributed by atoms with Gasteiger partial charge in [-0.15, -0.1) is 24.8 Å². The Morgan fingerprint density at radius 1 is 0.714 bits per heavy atom. The predicted molar refractivity (Wildman–Crippen MR) is 42.3 cm³/mol. The van der Waals surface area contributed by atoms with Crippen molar-refractivity contribution >= 4 is 47.9 Å². The number of rotatable bonds is 0. The topological polar surface area (TPSA) is 0 Å². The third-order valence-electron chi connectivity index (χ3n) is 0. The molecule has 0 radical (unpaired) electrons. The second-order valence-corrected chi connectivity index (χ2v) is 0. The SMILES string of the molecule is Cl.Cl.[CH2-]C.[CH2-]C.[Mg+2]. The fraction of sp³-hybridized carbons (Fsp3) is 0.500. The van der Waals surface area contributed by atoms with Gasteiger partial charge in [-0.05, 0) is 0 Å². The summed E-state index contributed by atoms with van der Waals surface area (Å²) in [7, 11) is 0. The summed E-state index contributed by atoms with van der Waals surface area (Å²) in [5.41, 5.74) is 0. The zero-order chi connectivity index (χ0) is 4.00. The molecule has 0 aromatic rings. The summed E-state index contributed by atoms with van der Waals surface area (Å²) in [6.07, 6.45) is 0.